The number of H-pyrrole nitrogens is 1. The van der Waals surface area contributed by atoms with E-state index in [1.165, 1.54) is 19.3 Å². The number of benzene rings is 1. The van der Waals surface area contributed by atoms with Gasteiger partial charge in [0.25, 0.3) is 5.56 Å². The van der Waals surface area contributed by atoms with E-state index in [1.807, 2.05) is 41.9 Å². The highest BCUT2D eigenvalue weighted by Crippen LogP contribution is 2.28. The van der Waals surface area contributed by atoms with Gasteiger partial charge in [0.05, 0.1) is 11.6 Å². The van der Waals surface area contributed by atoms with Crippen LogP contribution in [-0.2, 0) is 0 Å². The van der Waals surface area contributed by atoms with Gasteiger partial charge in [-0.25, -0.2) is 4.68 Å². The molecule has 100 valence electrons. The summed E-state index contributed by atoms with van der Waals surface area (Å²) in [6, 6.07) is 10.3. The highest BCUT2D eigenvalue weighted by molar-refractivity contribution is 5.64. The van der Waals surface area contributed by atoms with Crippen molar-refractivity contribution < 1.29 is 0 Å². The lowest BCUT2D eigenvalue weighted by molar-refractivity contribution is 0.322. The van der Waals surface area contributed by atoms with Crippen molar-refractivity contribution in [2.24, 2.45) is 0 Å². The molecular formula is C16H20N2O. The van der Waals surface area contributed by atoms with Crippen LogP contribution in [0.5, 0.6) is 0 Å². The summed E-state index contributed by atoms with van der Waals surface area (Å²) in [7, 11) is 0. The van der Waals surface area contributed by atoms with Gasteiger partial charge >= 0.3 is 0 Å². The van der Waals surface area contributed by atoms with E-state index in [0.717, 1.165) is 29.7 Å². The summed E-state index contributed by atoms with van der Waals surface area (Å²) in [6.45, 7) is 1.99. The van der Waals surface area contributed by atoms with Crippen LogP contribution in [0.4, 0.5) is 0 Å². The van der Waals surface area contributed by atoms with Crippen LogP contribution in [0.2, 0.25) is 0 Å². The molecule has 0 atom stereocenters. The quantitative estimate of drug-likeness (QED) is 0.875. The fraction of sp³-hybridized carbons (Fsp3) is 0.438. The van der Waals surface area contributed by atoms with E-state index in [1.54, 1.807) is 0 Å². The zero-order chi connectivity index (χ0) is 13.2. The van der Waals surface area contributed by atoms with Gasteiger partial charge in [-0.1, -0.05) is 49.6 Å². The molecule has 1 aromatic heterocycles. The summed E-state index contributed by atoms with van der Waals surface area (Å²) in [4.78, 5) is 12.6. The van der Waals surface area contributed by atoms with Crippen molar-refractivity contribution in [1.29, 1.82) is 0 Å². The van der Waals surface area contributed by atoms with Gasteiger partial charge in [-0.15, -0.1) is 0 Å². The Hall–Kier alpha value is -1.77. The third kappa shape index (κ3) is 2.25. The van der Waals surface area contributed by atoms with Crippen molar-refractivity contribution in [3.05, 3.63) is 46.4 Å². The van der Waals surface area contributed by atoms with Gasteiger partial charge in [-0.2, -0.15) is 0 Å². The van der Waals surface area contributed by atoms with Gasteiger partial charge in [0.15, 0.2) is 0 Å². The molecule has 0 saturated heterocycles. The van der Waals surface area contributed by atoms with E-state index in [9.17, 15) is 4.79 Å². The smallest absolute Gasteiger partial charge is 0.274 e. The number of hydrogen-bond donors (Lipinski definition) is 1. The topological polar surface area (TPSA) is 37.8 Å². The first-order valence-electron chi connectivity index (χ1n) is 7.14. The maximum Gasteiger partial charge on any atom is 0.274 e. The van der Waals surface area contributed by atoms with Crippen LogP contribution in [0.25, 0.3) is 11.1 Å². The maximum absolute atomic E-state index is 12.6. The molecule has 2 aromatic rings. The van der Waals surface area contributed by atoms with E-state index in [2.05, 4.69) is 5.10 Å². The van der Waals surface area contributed by atoms with Crippen molar-refractivity contribution in [1.82, 2.24) is 9.78 Å². The van der Waals surface area contributed by atoms with E-state index in [4.69, 9.17) is 0 Å². The number of rotatable bonds is 2. The normalized spacial score (nSPS) is 16.7. The number of aromatic amines is 1. The minimum Gasteiger partial charge on any atom is -0.299 e. The summed E-state index contributed by atoms with van der Waals surface area (Å²) in [5.74, 6) is 0. The molecule has 0 unspecified atom stereocenters. The Morgan fingerprint density at radius 1 is 1.11 bits per heavy atom. The summed E-state index contributed by atoms with van der Waals surface area (Å²) >= 11 is 0. The molecule has 1 fully saturated rings. The second-order valence-electron chi connectivity index (χ2n) is 5.44. The van der Waals surface area contributed by atoms with Gasteiger partial charge < -0.3 is 0 Å². The average molecular weight is 256 g/mol. The summed E-state index contributed by atoms with van der Waals surface area (Å²) in [6.07, 6.45) is 6.00. The number of aryl methyl sites for hydroxylation is 1. The molecule has 1 N–H and O–H groups in total. The third-order valence-corrected chi connectivity index (χ3v) is 4.10. The SMILES string of the molecule is Cc1[nH]n(C2CCCCC2)c(=O)c1-c1ccccc1. The molecular weight excluding hydrogens is 236 g/mol. The minimum absolute atomic E-state index is 0.135. The first-order valence-corrected chi connectivity index (χ1v) is 7.14. The lowest BCUT2D eigenvalue weighted by atomic mass is 9.96. The van der Waals surface area contributed by atoms with Crippen molar-refractivity contribution in [3.63, 3.8) is 0 Å². The molecule has 0 radical (unpaired) electrons. The van der Waals surface area contributed by atoms with Crippen molar-refractivity contribution in [2.75, 3.05) is 0 Å². The summed E-state index contributed by atoms with van der Waals surface area (Å²) in [5.41, 5.74) is 2.94. The van der Waals surface area contributed by atoms with Crippen LogP contribution < -0.4 is 5.56 Å². The molecule has 1 aromatic carbocycles. The molecule has 3 heteroatoms. The Morgan fingerprint density at radius 3 is 2.47 bits per heavy atom. The van der Waals surface area contributed by atoms with E-state index >= 15 is 0 Å². The van der Waals surface area contributed by atoms with Crippen LogP contribution in [0.1, 0.15) is 43.8 Å². The lowest BCUT2D eigenvalue weighted by Crippen LogP contribution is -2.24. The molecule has 0 aliphatic heterocycles. The highest BCUT2D eigenvalue weighted by atomic mass is 16.1. The van der Waals surface area contributed by atoms with Crippen molar-refractivity contribution >= 4 is 0 Å². The second kappa shape index (κ2) is 5.08. The van der Waals surface area contributed by atoms with Gasteiger partial charge in [0, 0.05) is 5.69 Å². The molecule has 3 rings (SSSR count). The molecule has 0 spiro atoms. The molecule has 19 heavy (non-hydrogen) atoms. The monoisotopic (exact) mass is 256 g/mol. The average Bonchev–Trinajstić information content (AvgIpc) is 2.76. The lowest BCUT2D eigenvalue weighted by Gasteiger charge is -2.21. The molecule has 1 saturated carbocycles. The van der Waals surface area contributed by atoms with E-state index in [-0.39, 0.29) is 5.56 Å². The van der Waals surface area contributed by atoms with Crippen LogP contribution in [-0.4, -0.2) is 9.78 Å². The van der Waals surface area contributed by atoms with Crippen LogP contribution >= 0.6 is 0 Å². The molecule has 1 aliphatic rings. The first-order chi connectivity index (χ1) is 9.27. The zero-order valence-corrected chi connectivity index (χ0v) is 11.4. The molecule has 0 bridgehead atoms. The fourth-order valence-corrected chi connectivity index (χ4v) is 3.11. The predicted molar refractivity (Wildman–Crippen MR) is 77.3 cm³/mol. The Morgan fingerprint density at radius 2 is 1.79 bits per heavy atom. The summed E-state index contributed by atoms with van der Waals surface area (Å²) < 4.78 is 1.86. The minimum atomic E-state index is 0.135. The number of nitrogens with zero attached hydrogens (tertiary/aromatic N) is 1. The van der Waals surface area contributed by atoms with E-state index < -0.39 is 0 Å². The summed E-state index contributed by atoms with van der Waals surface area (Å²) in [5, 5.41) is 3.29. The maximum atomic E-state index is 12.6. The predicted octanol–water partition coefficient (Wildman–Crippen LogP) is 3.66. The van der Waals surface area contributed by atoms with Crippen LogP contribution in [0.3, 0.4) is 0 Å². The number of nitrogens with one attached hydrogen (secondary N) is 1. The van der Waals surface area contributed by atoms with Crippen molar-refractivity contribution in [2.45, 2.75) is 45.1 Å². The van der Waals surface area contributed by atoms with Gasteiger partial charge in [-0.3, -0.25) is 9.89 Å². The van der Waals surface area contributed by atoms with Crippen LogP contribution in [0, 0.1) is 6.92 Å². The number of hydrogen-bond acceptors (Lipinski definition) is 1. The van der Waals surface area contributed by atoms with Crippen molar-refractivity contribution in [3.8, 4) is 11.1 Å². The highest BCUT2D eigenvalue weighted by Gasteiger charge is 2.21. The third-order valence-electron chi connectivity index (χ3n) is 4.10. The fourth-order valence-electron chi connectivity index (χ4n) is 3.11. The molecule has 3 nitrogen and oxygen atoms in total. The van der Waals surface area contributed by atoms with Gasteiger partial charge in [0.2, 0.25) is 0 Å². The largest absolute Gasteiger partial charge is 0.299 e. The number of aromatic nitrogens is 2. The molecule has 1 aliphatic carbocycles. The zero-order valence-electron chi connectivity index (χ0n) is 11.4. The van der Waals surface area contributed by atoms with E-state index in [0.29, 0.717) is 6.04 Å². The Kier molecular flexibility index (Phi) is 3.28. The molecule has 0 amide bonds. The first kappa shape index (κ1) is 12.3. The van der Waals surface area contributed by atoms with Crippen LogP contribution in [0.15, 0.2) is 35.1 Å². The molecule has 1 heterocycles. The Balaban J connectivity index is 2.03. The standard InChI is InChI=1S/C16H20N2O/c1-12-15(13-8-4-2-5-9-13)16(19)18(17-12)14-10-6-3-7-11-14/h2,4-5,8-9,14,17H,3,6-7,10-11H2,1H3. The second-order valence-corrected chi connectivity index (χ2v) is 5.44. The van der Waals surface area contributed by atoms with Gasteiger partial charge in [0.1, 0.15) is 0 Å². The Labute approximate surface area is 113 Å². The van der Waals surface area contributed by atoms with Gasteiger partial charge in [-0.05, 0) is 25.3 Å². The Bertz CT molecular complexity index is 603.